The Morgan fingerprint density at radius 3 is 2.37 bits per heavy atom. The SMILES string of the molecule is Nc1cccn(CC2C3CC4CC(C3)CC2C4)c1=O. The number of nitrogens with zero attached hydrogens (tertiary/aromatic N) is 1. The van der Waals surface area contributed by atoms with Gasteiger partial charge in [0.25, 0.3) is 5.56 Å². The van der Waals surface area contributed by atoms with Crippen molar-refractivity contribution in [2.45, 2.75) is 38.6 Å². The van der Waals surface area contributed by atoms with Crippen LogP contribution in [0.5, 0.6) is 0 Å². The summed E-state index contributed by atoms with van der Waals surface area (Å²) < 4.78 is 1.85. The number of nitrogen functional groups attached to an aromatic ring is 1. The smallest absolute Gasteiger partial charge is 0.273 e. The summed E-state index contributed by atoms with van der Waals surface area (Å²) in [4.78, 5) is 12.1. The van der Waals surface area contributed by atoms with Gasteiger partial charge in [0.2, 0.25) is 0 Å². The molecule has 4 aliphatic carbocycles. The first kappa shape index (κ1) is 11.6. The van der Waals surface area contributed by atoms with Crippen molar-refractivity contribution in [1.82, 2.24) is 4.57 Å². The van der Waals surface area contributed by atoms with Gasteiger partial charge in [0.05, 0.1) is 5.69 Å². The largest absolute Gasteiger partial charge is 0.394 e. The third kappa shape index (κ3) is 1.82. The zero-order valence-electron chi connectivity index (χ0n) is 11.3. The third-order valence-corrected chi connectivity index (χ3v) is 5.88. The molecule has 0 unspecified atom stereocenters. The van der Waals surface area contributed by atoms with Crippen molar-refractivity contribution in [1.29, 1.82) is 0 Å². The number of anilines is 1. The van der Waals surface area contributed by atoms with Crippen LogP contribution < -0.4 is 11.3 Å². The van der Waals surface area contributed by atoms with E-state index in [0.717, 1.165) is 30.2 Å². The molecule has 1 aromatic heterocycles. The van der Waals surface area contributed by atoms with E-state index in [1.54, 1.807) is 6.07 Å². The Morgan fingerprint density at radius 1 is 1.11 bits per heavy atom. The molecular weight excluding hydrogens is 236 g/mol. The Bertz CT molecular complexity index is 520. The van der Waals surface area contributed by atoms with Crippen LogP contribution in [0.2, 0.25) is 0 Å². The normalized spacial score (nSPS) is 39.7. The summed E-state index contributed by atoms with van der Waals surface area (Å²) in [6.45, 7) is 0.888. The van der Waals surface area contributed by atoms with Gasteiger partial charge >= 0.3 is 0 Å². The van der Waals surface area contributed by atoms with Gasteiger partial charge in [0.15, 0.2) is 0 Å². The molecule has 2 N–H and O–H groups in total. The van der Waals surface area contributed by atoms with Crippen molar-refractivity contribution in [3.8, 4) is 0 Å². The highest BCUT2D eigenvalue weighted by molar-refractivity contribution is 5.33. The molecule has 0 radical (unpaired) electrons. The summed E-state index contributed by atoms with van der Waals surface area (Å²) in [7, 11) is 0. The number of pyridine rings is 1. The lowest BCUT2D eigenvalue weighted by Gasteiger charge is -2.54. The maximum absolute atomic E-state index is 12.1. The van der Waals surface area contributed by atoms with Gasteiger partial charge in [-0.1, -0.05) is 0 Å². The summed E-state index contributed by atoms with van der Waals surface area (Å²) in [5.41, 5.74) is 6.11. The van der Waals surface area contributed by atoms with E-state index in [2.05, 4.69) is 0 Å². The van der Waals surface area contributed by atoms with Crippen LogP contribution in [0.25, 0.3) is 0 Å². The van der Waals surface area contributed by atoms with Crippen LogP contribution in [0.1, 0.15) is 32.1 Å². The molecule has 0 aromatic carbocycles. The Balaban J connectivity index is 1.60. The highest BCUT2D eigenvalue weighted by Crippen LogP contribution is 2.56. The monoisotopic (exact) mass is 258 g/mol. The first-order valence-corrected chi connectivity index (χ1v) is 7.65. The maximum Gasteiger partial charge on any atom is 0.273 e. The summed E-state index contributed by atoms with van der Waals surface area (Å²) in [6, 6.07) is 3.60. The Morgan fingerprint density at radius 2 is 1.74 bits per heavy atom. The van der Waals surface area contributed by atoms with Crippen LogP contribution in [0.4, 0.5) is 5.69 Å². The lowest BCUT2D eigenvalue weighted by molar-refractivity contribution is -0.0433. The van der Waals surface area contributed by atoms with E-state index in [1.807, 2.05) is 16.8 Å². The van der Waals surface area contributed by atoms with E-state index in [0.29, 0.717) is 11.6 Å². The predicted octanol–water partition coefficient (Wildman–Crippen LogP) is 2.50. The van der Waals surface area contributed by atoms with Gasteiger partial charge in [-0.25, -0.2) is 0 Å². The van der Waals surface area contributed by atoms with Crippen molar-refractivity contribution in [2.24, 2.45) is 29.6 Å². The lowest BCUT2D eigenvalue weighted by Crippen LogP contribution is -2.47. The van der Waals surface area contributed by atoms with Gasteiger partial charge in [-0.05, 0) is 73.8 Å². The molecule has 4 fully saturated rings. The van der Waals surface area contributed by atoms with Gasteiger partial charge < -0.3 is 10.3 Å². The first-order chi connectivity index (χ1) is 9.20. The molecule has 1 aromatic rings. The van der Waals surface area contributed by atoms with E-state index in [1.165, 1.54) is 32.1 Å². The number of aromatic nitrogens is 1. The van der Waals surface area contributed by atoms with Crippen LogP contribution in [0, 0.1) is 29.6 Å². The van der Waals surface area contributed by atoms with E-state index in [4.69, 9.17) is 5.73 Å². The van der Waals surface area contributed by atoms with Gasteiger partial charge in [-0.15, -0.1) is 0 Å². The zero-order valence-corrected chi connectivity index (χ0v) is 11.3. The minimum atomic E-state index is -0.00342. The number of nitrogens with two attached hydrogens (primary N) is 1. The summed E-state index contributed by atoms with van der Waals surface area (Å²) in [5, 5.41) is 0. The van der Waals surface area contributed by atoms with Crippen molar-refractivity contribution in [3.63, 3.8) is 0 Å². The molecule has 0 saturated heterocycles. The molecular formula is C16H22N2O. The van der Waals surface area contributed by atoms with Crippen LogP contribution in [-0.4, -0.2) is 4.57 Å². The number of rotatable bonds is 2. The molecule has 4 aliphatic rings. The topological polar surface area (TPSA) is 48.0 Å². The fourth-order valence-corrected chi connectivity index (χ4v) is 5.26. The fourth-order valence-electron chi connectivity index (χ4n) is 5.26. The molecule has 0 aliphatic heterocycles. The molecule has 0 spiro atoms. The molecule has 0 atom stereocenters. The van der Waals surface area contributed by atoms with Crippen LogP contribution >= 0.6 is 0 Å². The van der Waals surface area contributed by atoms with E-state index < -0.39 is 0 Å². The quantitative estimate of drug-likeness (QED) is 0.886. The standard InChI is InChI=1S/C16H22N2O/c17-15-2-1-3-18(16(15)19)9-14-12-5-10-4-11(7-12)8-13(14)6-10/h1-3,10-14H,4-9,17H2. The van der Waals surface area contributed by atoms with Crippen molar-refractivity contribution in [3.05, 3.63) is 28.7 Å². The Hall–Kier alpha value is -1.25. The third-order valence-electron chi connectivity index (χ3n) is 5.88. The molecule has 3 heteroatoms. The molecule has 0 amide bonds. The van der Waals surface area contributed by atoms with Gasteiger partial charge in [0.1, 0.15) is 0 Å². The number of hydrogen-bond acceptors (Lipinski definition) is 2. The molecule has 1 heterocycles. The molecule has 4 bridgehead atoms. The highest BCUT2D eigenvalue weighted by Gasteiger charge is 2.48. The lowest BCUT2D eigenvalue weighted by atomic mass is 9.52. The van der Waals surface area contributed by atoms with Crippen molar-refractivity contribution >= 4 is 5.69 Å². The molecule has 19 heavy (non-hydrogen) atoms. The van der Waals surface area contributed by atoms with E-state index in [9.17, 15) is 4.79 Å². The van der Waals surface area contributed by atoms with E-state index in [-0.39, 0.29) is 5.56 Å². The average Bonchev–Trinajstić information content (AvgIpc) is 2.38. The fraction of sp³-hybridized carbons (Fsp3) is 0.688. The van der Waals surface area contributed by atoms with Crippen molar-refractivity contribution < 1.29 is 0 Å². The van der Waals surface area contributed by atoms with Crippen LogP contribution in [0.3, 0.4) is 0 Å². The second-order valence-corrected chi connectivity index (χ2v) is 7.02. The van der Waals surface area contributed by atoms with Gasteiger partial charge in [0, 0.05) is 12.7 Å². The predicted molar refractivity (Wildman–Crippen MR) is 75.6 cm³/mol. The Kier molecular flexibility index (Phi) is 2.51. The molecule has 5 rings (SSSR count). The summed E-state index contributed by atoms with van der Waals surface area (Å²) in [6.07, 6.45) is 9.04. The Labute approximate surface area is 113 Å². The van der Waals surface area contributed by atoms with E-state index >= 15 is 0 Å². The summed E-state index contributed by atoms with van der Waals surface area (Å²) >= 11 is 0. The number of hydrogen-bond donors (Lipinski definition) is 1. The van der Waals surface area contributed by atoms with Crippen LogP contribution in [0.15, 0.2) is 23.1 Å². The minimum Gasteiger partial charge on any atom is -0.394 e. The molecule has 4 saturated carbocycles. The maximum atomic E-state index is 12.1. The van der Waals surface area contributed by atoms with Crippen molar-refractivity contribution in [2.75, 3.05) is 5.73 Å². The van der Waals surface area contributed by atoms with Crippen LogP contribution in [-0.2, 0) is 6.54 Å². The second-order valence-electron chi connectivity index (χ2n) is 7.02. The van der Waals surface area contributed by atoms with Gasteiger partial charge in [-0.2, -0.15) is 0 Å². The molecule has 3 nitrogen and oxygen atoms in total. The minimum absolute atomic E-state index is 0.00342. The highest BCUT2D eigenvalue weighted by atomic mass is 16.1. The van der Waals surface area contributed by atoms with Gasteiger partial charge in [-0.3, -0.25) is 4.79 Å². The second kappa shape index (κ2) is 4.12. The first-order valence-electron chi connectivity index (χ1n) is 7.65. The molecule has 102 valence electrons. The summed E-state index contributed by atoms with van der Waals surface area (Å²) in [5.74, 6) is 4.44. The average molecular weight is 258 g/mol. The zero-order chi connectivity index (χ0) is 13.0.